The van der Waals surface area contributed by atoms with E-state index in [2.05, 4.69) is 26.0 Å². The van der Waals surface area contributed by atoms with Crippen molar-refractivity contribution in [3.8, 4) is 0 Å². The molecule has 0 aromatic rings. The summed E-state index contributed by atoms with van der Waals surface area (Å²) in [5, 5.41) is 20.1. The zero-order valence-corrected chi connectivity index (χ0v) is 21.9. The second kappa shape index (κ2) is 11.6. The third kappa shape index (κ3) is 6.74. The lowest BCUT2D eigenvalue weighted by atomic mass is 9.60. The Labute approximate surface area is 197 Å². The quantitative estimate of drug-likeness (QED) is 0.325. The molecule has 0 aromatic heterocycles. The molecule has 2 nitrogen and oxygen atoms in total. The van der Waals surface area contributed by atoms with Crippen molar-refractivity contribution in [2.45, 2.75) is 124 Å². The normalized spacial score (nSPS) is 35.0. The van der Waals surface area contributed by atoms with E-state index >= 15 is 0 Å². The Hall–Kier alpha value is -0.510. The van der Waals surface area contributed by atoms with Gasteiger partial charge in [0.25, 0.3) is 0 Å². The number of aliphatic hydroxyl groups is 2. The molecule has 0 radical (unpaired) electrons. The highest BCUT2D eigenvalue weighted by atomic mass is 32.1. The summed E-state index contributed by atoms with van der Waals surface area (Å²) in [5.41, 5.74) is 2.69. The Balaban J connectivity index is 0.00000166. The summed E-state index contributed by atoms with van der Waals surface area (Å²) in [6.07, 6.45) is 16.9. The first-order valence-electron chi connectivity index (χ1n) is 13.0. The number of allylic oxidation sites excluding steroid dienone is 3. The third-order valence-electron chi connectivity index (χ3n) is 8.21. The van der Waals surface area contributed by atoms with Crippen molar-refractivity contribution in [1.29, 1.82) is 0 Å². The van der Waals surface area contributed by atoms with E-state index in [-0.39, 0.29) is 0 Å². The van der Waals surface area contributed by atoms with Gasteiger partial charge < -0.3 is 10.2 Å². The first-order valence-corrected chi connectivity index (χ1v) is 13.4. The summed E-state index contributed by atoms with van der Waals surface area (Å²) in [6, 6.07) is 0. The molecule has 0 saturated heterocycles. The molecule has 0 aromatic carbocycles. The van der Waals surface area contributed by atoms with Crippen LogP contribution in [0.1, 0.15) is 112 Å². The Kier molecular flexibility index (Phi) is 9.98. The van der Waals surface area contributed by atoms with E-state index in [0.717, 1.165) is 48.8 Å². The van der Waals surface area contributed by atoms with Gasteiger partial charge in [-0.3, -0.25) is 0 Å². The molecule has 2 N–H and O–H groups in total. The van der Waals surface area contributed by atoms with E-state index in [1.54, 1.807) is 5.57 Å². The summed E-state index contributed by atoms with van der Waals surface area (Å²) in [5.74, 6) is 2.23. The van der Waals surface area contributed by atoms with Gasteiger partial charge in [0.2, 0.25) is 0 Å². The van der Waals surface area contributed by atoms with Crippen molar-refractivity contribution in [3.63, 3.8) is 0 Å². The highest BCUT2D eigenvalue weighted by Gasteiger charge is 2.50. The summed E-state index contributed by atoms with van der Waals surface area (Å²) in [6.45, 7) is 12.9. The van der Waals surface area contributed by atoms with Gasteiger partial charge in [0.05, 0.1) is 11.7 Å². The van der Waals surface area contributed by atoms with Gasteiger partial charge in [-0.25, -0.2) is 0 Å². The predicted octanol–water partition coefficient (Wildman–Crippen LogP) is 7.57. The largest absolute Gasteiger partial charge is 0.390 e. The van der Waals surface area contributed by atoms with Crippen LogP contribution in [0.25, 0.3) is 0 Å². The number of rotatable bonds is 6. The van der Waals surface area contributed by atoms with Crippen LogP contribution in [0.5, 0.6) is 0 Å². The number of hydrogen-bond acceptors (Lipinski definition) is 3. The maximum absolute atomic E-state index is 10.1. The lowest BCUT2D eigenvalue weighted by molar-refractivity contribution is 0.0596. The van der Waals surface area contributed by atoms with Crippen LogP contribution in [0, 0.1) is 23.2 Å². The fraction of sp³-hybridized carbons (Fsp3) is 0.821. The Bertz CT molecular complexity index is 656. The topological polar surface area (TPSA) is 40.5 Å². The molecule has 3 aliphatic rings. The van der Waals surface area contributed by atoms with Gasteiger partial charge in [-0.1, -0.05) is 70.5 Å². The van der Waals surface area contributed by atoms with Crippen LogP contribution in [0.15, 0.2) is 23.3 Å². The van der Waals surface area contributed by atoms with E-state index in [1.165, 1.54) is 44.1 Å². The van der Waals surface area contributed by atoms with Crippen molar-refractivity contribution in [3.05, 3.63) is 23.3 Å². The molecule has 3 heteroatoms. The Morgan fingerprint density at radius 2 is 1.84 bits per heavy atom. The molecule has 0 bridgehead atoms. The summed E-state index contributed by atoms with van der Waals surface area (Å²) < 4.78 is 0. The zero-order chi connectivity index (χ0) is 23.2. The number of fused-ring (bicyclic) bond motifs is 1. The van der Waals surface area contributed by atoms with Gasteiger partial charge in [0.1, 0.15) is 0 Å². The molecular weight excluding hydrogens is 400 g/mol. The molecule has 0 heterocycles. The average molecular weight is 449 g/mol. The highest BCUT2D eigenvalue weighted by Crippen LogP contribution is 2.59. The molecule has 3 fully saturated rings. The first-order chi connectivity index (χ1) is 14.6. The minimum atomic E-state index is -0.538. The van der Waals surface area contributed by atoms with Crippen LogP contribution in [-0.4, -0.2) is 26.8 Å². The van der Waals surface area contributed by atoms with Crippen LogP contribution in [0.2, 0.25) is 0 Å². The lowest BCUT2D eigenvalue weighted by Gasteiger charge is -2.44. The molecule has 0 amide bonds. The monoisotopic (exact) mass is 448 g/mol. The first kappa shape index (κ1) is 26.7. The molecular formula is C28H48O2S. The number of aliphatic hydroxyl groups excluding tert-OH is 1. The van der Waals surface area contributed by atoms with Crippen LogP contribution >= 0.6 is 12.2 Å². The van der Waals surface area contributed by atoms with Crippen LogP contribution < -0.4 is 0 Å². The van der Waals surface area contributed by atoms with Crippen LogP contribution in [-0.2, 0) is 0 Å². The standard InChI is InChI=1S/C26H42O2S.C2H6/c1-18(8-6-16-25(2,3)28)21-14-15-22-19(10-7-17-26(21,22)4)12-13-20-9-5-11-23(27)24(20)29;1-2/h12-13,18,21-23,27-28H,5-11,14-17H2,1-4H3;1-2H3/b19-12+,20-13-;/t18-,21?,22?,23+,26-;/m1./s1. The second-order valence-electron chi connectivity index (χ2n) is 11.0. The average Bonchev–Trinajstić information content (AvgIpc) is 3.07. The maximum Gasteiger partial charge on any atom is 0.0893 e. The van der Waals surface area contributed by atoms with Crippen molar-refractivity contribution >= 4 is 17.1 Å². The van der Waals surface area contributed by atoms with E-state index < -0.39 is 11.7 Å². The minimum Gasteiger partial charge on any atom is -0.390 e. The summed E-state index contributed by atoms with van der Waals surface area (Å²) in [7, 11) is 0. The Morgan fingerprint density at radius 3 is 2.52 bits per heavy atom. The predicted molar refractivity (Wildman–Crippen MR) is 137 cm³/mol. The summed E-state index contributed by atoms with van der Waals surface area (Å²) >= 11 is 5.49. The lowest BCUT2D eigenvalue weighted by Crippen LogP contribution is -2.36. The molecule has 0 aliphatic heterocycles. The molecule has 31 heavy (non-hydrogen) atoms. The minimum absolute atomic E-state index is 0.416. The van der Waals surface area contributed by atoms with E-state index in [4.69, 9.17) is 12.2 Å². The van der Waals surface area contributed by atoms with Crippen LogP contribution in [0.3, 0.4) is 0 Å². The van der Waals surface area contributed by atoms with Gasteiger partial charge in [-0.2, -0.15) is 0 Å². The molecule has 3 aliphatic carbocycles. The van der Waals surface area contributed by atoms with Crippen molar-refractivity contribution in [2.24, 2.45) is 23.2 Å². The van der Waals surface area contributed by atoms with Gasteiger partial charge in [-0.05, 0) is 100 Å². The molecule has 2 unspecified atom stereocenters. The van der Waals surface area contributed by atoms with Gasteiger partial charge in [-0.15, -0.1) is 0 Å². The van der Waals surface area contributed by atoms with Crippen LogP contribution in [0.4, 0.5) is 0 Å². The molecule has 5 atom stereocenters. The fourth-order valence-corrected chi connectivity index (χ4v) is 6.89. The van der Waals surface area contributed by atoms with Gasteiger partial charge >= 0.3 is 0 Å². The van der Waals surface area contributed by atoms with Crippen molar-refractivity contribution < 1.29 is 10.2 Å². The highest BCUT2D eigenvalue weighted by molar-refractivity contribution is 7.81. The number of thiocarbonyl (C=S) groups is 1. The molecule has 3 rings (SSSR count). The van der Waals surface area contributed by atoms with Crippen molar-refractivity contribution in [2.75, 3.05) is 0 Å². The smallest absolute Gasteiger partial charge is 0.0893 e. The zero-order valence-electron chi connectivity index (χ0n) is 21.0. The molecule has 3 saturated carbocycles. The maximum atomic E-state index is 10.1. The second-order valence-corrected chi connectivity index (χ2v) is 11.4. The Morgan fingerprint density at radius 1 is 1.13 bits per heavy atom. The van der Waals surface area contributed by atoms with E-state index in [1.807, 2.05) is 27.7 Å². The molecule has 0 spiro atoms. The SMILES string of the molecule is CC.C[C@H](CCCC(C)(C)O)C1CCC2/C(=C/C=C3/CCC[C@H](O)C3=S)CCC[C@@]21C. The fourth-order valence-electron chi connectivity index (χ4n) is 6.60. The van der Waals surface area contributed by atoms with Crippen molar-refractivity contribution in [1.82, 2.24) is 0 Å². The number of hydrogen-bond donors (Lipinski definition) is 2. The van der Waals surface area contributed by atoms with Gasteiger partial charge in [0.15, 0.2) is 0 Å². The molecule has 178 valence electrons. The van der Waals surface area contributed by atoms with E-state index in [0.29, 0.717) is 11.3 Å². The third-order valence-corrected chi connectivity index (χ3v) is 8.75. The van der Waals surface area contributed by atoms with E-state index in [9.17, 15) is 10.2 Å². The van der Waals surface area contributed by atoms with Gasteiger partial charge in [0, 0.05) is 4.86 Å². The summed E-state index contributed by atoms with van der Waals surface area (Å²) in [4.78, 5) is 0.774.